The quantitative estimate of drug-likeness (QED) is 0.723. The largest absolute Gasteiger partial charge is 0.335 e. The maximum absolute atomic E-state index is 11.7. The molecule has 1 aromatic carbocycles. The van der Waals surface area contributed by atoms with Crippen molar-refractivity contribution in [1.29, 1.82) is 0 Å². The molecule has 0 spiro atoms. The van der Waals surface area contributed by atoms with Crippen LogP contribution in [0.2, 0.25) is 0 Å². The molecule has 1 fully saturated rings. The van der Waals surface area contributed by atoms with Gasteiger partial charge in [0.2, 0.25) is 5.91 Å². The zero-order valence-corrected chi connectivity index (χ0v) is 9.31. The van der Waals surface area contributed by atoms with Gasteiger partial charge in [0, 0.05) is 19.0 Å². The lowest BCUT2D eigenvalue weighted by Gasteiger charge is -2.23. The Kier molecular flexibility index (Phi) is 2.76. The van der Waals surface area contributed by atoms with Crippen molar-refractivity contribution >= 4 is 5.91 Å². The van der Waals surface area contributed by atoms with Crippen LogP contribution in [0.5, 0.6) is 0 Å². The normalized spacial score (nSPS) is 26.0. The van der Waals surface area contributed by atoms with Gasteiger partial charge in [0.25, 0.3) is 0 Å². The third kappa shape index (κ3) is 2.04. The number of carbonyl (C=O) groups excluding carboxylic acids is 1. The molecular weight excluding hydrogens is 186 g/mol. The lowest BCUT2D eigenvalue weighted by molar-refractivity contribution is -0.129. The number of rotatable bonds is 2. The highest BCUT2D eigenvalue weighted by atomic mass is 16.2. The van der Waals surface area contributed by atoms with Gasteiger partial charge in [0.1, 0.15) is 0 Å². The number of hydrogen-bond acceptors (Lipinski definition) is 1. The standard InChI is InChI=1S/C13H17NO/c1-10-8-13(15)14(11(10)2)9-12-6-4-3-5-7-12/h3-7,10-11H,8-9H2,1-2H3/t10-,11+/m1/s1. The molecule has 0 radical (unpaired) electrons. The molecule has 0 saturated carbocycles. The fourth-order valence-corrected chi connectivity index (χ4v) is 2.11. The van der Waals surface area contributed by atoms with E-state index in [0.29, 0.717) is 24.3 Å². The molecule has 1 heterocycles. The highest BCUT2D eigenvalue weighted by molar-refractivity contribution is 5.79. The van der Waals surface area contributed by atoms with Gasteiger partial charge in [-0.05, 0) is 18.4 Å². The molecule has 0 unspecified atom stereocenters. The molecule has 0 aliphatic carbocycles. The number of nitrogens with zero attached hydrogens (tertiary/aromatic N) is 1. The van der Waals surface area contributed by atoms with E-state index in [1.807, 2.05) is 23.1 Å². The highest BCUT2D eigenvalue weighted by Gasteiger charge is 2.33. The molecule has 1 aliphatic heterocycles. The Morgan fingerprint density at radius 2 is 1.93 bits per heavy atom. The summed E-state index contributed by atoms with van der Waals surface area (Å²) in [5.74, 6) is 0.778. The number of amides is 1. The summed E-state index contributed by atoms with van der Waals surface area (Å²) in [7, 11) is 0. The van der Waals surface area contributed by atoms with E-state index in [0.717, 1.165) is 6.54 Å². The number of benzene rings is 1. The average molecular weight is 203 g/mol. The van der Waals surface area contributed by atoms with Crippen molar-refractivity contribution in [2.75, 3.05) is 0 Å². The summed E-state index contributed by atoms with van der Waals surface area (Å²) < 4.78 is 0. The third-order valence-electron chi connectivity index (χ3n) is 3.33. The van der Waals surface area contributed by atoms with Crippen LogP contribution in [0.4, 0.5) is 0 Å². The number of carbonyl (C=O) groups is 1. The smallest absolute Gasteiger partial charge is 0.223 e. The Balaban J connectivity index is 2.09. The van der Waals surface area contributed by atoms with E-state index >= 15 is 0 Å². The minimum absolute atomic E-state index is 0.291. The molecule has 1 aromatic rings. The van der Waals surface area contributed by atoms with Crippen LogP contribution in [-0.4, -0.2) is 16.8 Å². The SMILES string of the molecule is C[C@@H]1CC(=O)N(Cc2ccccc2)[C@H]1C. The third-order valence-corrected chi connectivity index (χ3v) is 3.33. The molecule has 15 heavy (non-hydrogen) atoms. The Hall–Kier alpha value is -1.31. The predicted octanol–water partition coefficient (Wildman–Crippen LogP) is 2.44. The lowest BCUT2D eigenvalue weighted by Crippen LogP contribution is -2.31. The first kappa shape index (κ1) is 10.2. The van der Waals surface area contributed by atoms with Gasteiger partial charge in [-0.25, -0.2) is 0 Å². The first-order chi connectivity index (χ1) is 7.18. The molecular formula is C13H17NO. The zero-order valence-electron chi connectivity index (χ0n) is 9.31. The maximum Gasteiger partial charge on any atom is 0.223 e. The van der Waals surface area contributed by atoms with Crippen LogP contribution < -0.4 is 0 Å². The fraction of sp³-hybridized carbons (Fsp3) is 0.462. The summed E-state index contributed by atoms with van der Waals surface area (Å²) in [6.07, 6.45) is 0.702. The summed E-state index contributed by atoms with van der Waals surface area (Å²) >= 11 is 0. The average Bonchev–Trinajstić information content (AvgIpc) is 2.47. The molecule has 1 saturated heterocycles. The van der Waals surface area contributed by atoms with Crippen LogP contribution in [0.1, 0.15) is 25.8 Å². The molecule has 1 amide bonds. The van der Waals surface area contributed by atoms with Gasteiger partial charge < -0.3 is 4.90 Å². The minimum atomic E-state index is 0.291. The van der Waals surface area contributed by atoms with Gasteiger partial charge in [0.05, 0.1) is 0 Å². The Morgan fingerprint density at radius 1 is 1.27 bits per heavy atom. The zero-order chi connectivity index (χ0) is 10.8. The summed E-state index contributed by atoms with van der Waals surface area (Å²) in [5.41, 5.74) is 1.21. The molecule has 1 aliphatic rings. The second kappa shape index (κ2) is 4.05. The van der Waals surface area contributed by atoms with Gasteiger partial charge in [-0.2, -0.15) is 0 Å². The van der Waals surface area contributed by atoms with E-state index in [4.69, 9.17) is 0 Å². The topological polar surface area (TPSA) is 20.3 Å². The summed E-state index contributed by atoms with van der Waals surface area (Å²) in [4.78, 5) is 13.7. The number of likely N-dealkylation sites (tertiary alicyclic amines) is 1. The van der Waals surface area contributed by atoms with E-state index < -0.39 is 0 Å². The van der Waals surface area contributed by atoms with E-state index in [2.05, 4.69) is 26.0 Å². The van der Waals surface area contributed by atoms with Crippen molar-refractivity contribution in [1.82, 2.24) is 4.90 Å². The Bertz CT molecular complexity index is 347. The summed E-state index contributed by atoms with van der Waals surface area (Å²) in [5, 5.41) is 0. The summed E-state index contributed by atoms with van der Waals surface area (Å²) in [6, 6.07) is 10.6. The highest BCUT2D eigenvalue weighted by Crippen LogP contribution is 2.26. The van der Waals surface area contributed by atoms with Crippen molar-refractivity contribution in [2.24, 2.45) is 5.92 Å². The minimum Gasteiger partial charge on any atom is -0.335 e. The second-order valence-corrected chi connectivity index (χ2v) is 4.43. The first-order valence-electron chi connectivity index (χ1n) is 5.52. The van der Waals surface area contributed by atoms with Crippen molar-refractivity contribution in [3.63, 3.8) is 0 Å². The summed E-state index contributed by atoms with van der Waals surface area (Å²) in [6.45, 7) is 5.04. The van der Waals surface area contributed by atoms with Gasteiger partial charge in [0.15, 0.2) is 0 Å². The molecule has 80 valence electrons. The second-order valence-electron chi connectivity index (χ2n) is 4.43. The maximum atomic E-state index is 11.7. The lowest BCUT2D eigenvalue weighted by atomic mass is 10.0. The van der Waals surface area contributed by atoms with Crippen molar-refractivity contribution in [2.45, 2.75) is 32.9 Å². The number of hydrogen-bond donors (Lipinski definition) is 0. The fourth-order valence-electron chi connectivity index (χ4n) is 2.11. The van der Waals surface area contributed by atoms with Crippen LogP contribution in [0.25, 0.3) is 0 Å². The first-order valence-corrected chi connectivity index (χ1v) is 5.52. The molecule has 2 heteroatoms. The Morgan fingerprint density at radius 3 is 2.47 bits per heavy atom. The molecule has 0 N–H and O–H groups in total. The van der Waals surface area contributed by atoms with Crippen LogP contribution in [0.3, 0.4) is 0 Å². The molecule has 2 nitrogen and oxygen atoms in total. The van der Waals surface area contributed by atoms with Crippen LogP contribution >= 0.6 is 0 Å². The molecule has 2 rings (SSSR count). The molecule has 0 bridgehead atoms. The van der Waals surface area contributed by atoms with Crippen LogP contribution in [-0.2, 0) is 11.3 Å². The van der Waals surface area contributed by atoms with E-state index in [9.17, 15) is 4.79 Å². The van der Waals surface area contributed by atoms with Crippen molar-refractivity contribution in [3.05, 3.63) is 35.9 Å². The van der Waals surface area contributed by atoms with E-state index in [-0.39, 0.29) is 0 Å². The monoisotopic (exact) mass is 203 g/mol. The van der Waals surface area contributed by atoms with Gasteiger partial charge in [-0.3, -0.25) is 4.79 Å². The molecule has 2 atom stereocenters. The van der Waals surface area contributed by atoms with Crippen molar-refractivity contribution < 1.29 is 4.79 Å². The van der Waals surface area contributed by atoms with E-state index in [1.165, 1.54) is 5.56 Å². The molecule has 0 aromatic heterocycles. The van der Waals surface area contributed by atoms with Gasteiger partial charge >= 0.3 is 0 Å². The predicted molar refractivity (Wildman–Crippen MR) is 60.2 cm³/mol. The van der Waals surface area contributed by atoms with Crippen molar-refractivity contribution in [3.8, 4) is 0 Å². The van der Waals surface area contributed by atoms with Gasteiger partial charge in [-0.15, -0.1) is 0 Å². The van der Waals surface area contributed by atoms with Crippen LogP contribution in [0.15, 0.2) is 30.3 Å². The Labute approximate surface area is 90.9 Å². The van der Waals surface area contributed by atoms with E-state index in [1.54, 1.807) is 0 Å². The van der Waals surface area contributed by atoms with Gasteiger partial charge in [-0.1, -0.05) is 37.3 Å². The van der Waals surface area contributed by atoms with Crippen LogP contribution in [0, 0.1) is 5.92 Å².